The van der Waals surface area contributed by atoms with Gasteiger partial charge >= 0.3 is 0 Å². The fourth-order valence-electron chi connectivity index (χ4n) is 2.20. The molecule has 2 atom stereocenters. The Labute approximate surface area is 121 Å². The molecule has 0 aromatic rings. The zero-order chi connectivity index (χ0) is 15.1. The van der Waals surface area contributed by atoms with Gasteiger partial charge in [-0.3, -0.25) is 4.79 Å². The summed E-state index contributed by atoms with van der Waals surface area (Å²) in [6, 6.07) is 0. The second-order valence-corrected chi connectivity index (χ2v) is 5.24. The molecule has 112 valence electrons. The maximum absolute atomic E-state index is 11.9. The van der Waals surface area contributed by atoms with Gasteiger partial charge in [-0.05, 0) is 38.8 Å². The van der Waals surface area contributed by atoms with Crippen LogP contribution >= 0.6 is 0 Å². The van der Waals surface area contributed by atoms with Gasteiger partial charge < -0.3 is 5.73 Å². The van der Waals surface area contributed by atoms with E-state index in [-0.39, 0.29) is 17.8 Å². The first kappa shape index (κ1) is 16.8. The van der Waals surface area contributed by atoms with Crippen LogP contribution in [0, 0.1) is 5.92 Å². The van der Waals surface area contributed by atoms with Crippen molar-refractivity contribution in [2.24, 2.45) is 11.7 Å². The lowest BCUT2D eigenvalue weighted by Gasteiger charge is -2.29. The number of ketones is 1. The zero-order valence-electron chi connectivity index (χ0n) is 12.6. The van der Waals surface area contributed by atoms with Crippen molar-refractivity contribution in [3.05, 3.63) is 35.5 Å². The van der Waals surface area contributed by atoms with Gasteiger partial charge in [0.05, 0.1) is 6.61 Å². The van der Waals surface area contributed by atoms with Crippen LogP contribution < -0.4 is 5.73 Å². The smallest absolute Gasteiger partial charge is 0.159 e. The molecule has 0 fully saturated rings. The molecule has 0 aromatic heterocycles. The Morgan fingerprint density at radius 1 is 1.60 bits per heavy atom. The third kappa shape index (κ3) is 4.71. The number of hydrogen-bond donors (Lipinski definition) is 1. The van der Waals surface area contributed by atoms with E-state index in [9.17, 15) is 4.79 Å². The molecule has 0 bridgehead atoms. The molecule has 0 aromatic carbocycles. The molecule has 20 heavy (non-hydrogen) atoms. The summed E-state index contributed by atoms with van der Waals surface area (Å²) in [6.07, 6.45) is 4.71. The molecule has 0 heterocycles. The van der Waals surface area contributed by atoms with Gasteiger partial charge in [-0.2, -0.15) is 0 Å². The van der Waals surface area contributed by atoms with Crippen LogP contribution in [-0.2, 0) is 14.6 Å². The highest BCUT2D eigenvalue weighted by molar-refractivity contribution is 5.96. The van der Waals surface area contributed by atoms with Crippen LogP contribution in [0.3, 0.4) is 0 Å². The Hall–Kier alpha value is -1.23. The molecule has 0 radical (unpaired) electrons. The van der Waals surface area contributed by atoms with Gasteiger partial charge in [-0.15, -0.1) is 6.58 Å². The van der Waals surface area contributed by atoms with Crippen molar-refractivity contribution >= 4 is 5.78 Å². The average molecular weight is 279 g/mol. The molecule has 0 saturated carbocycles. The maximum atomic E-state index is 11.9. The molecule has 0 saturated heterocycles. The Morgan fingerprint density at radius 3 is 2.85 bits per heavy atom. The quantitative estimate of drug-likeness (QED) is 0.337. The van der Waals surface area contributed by atoms with Crippen LogP contribution in [0.5, 0.6) is 0 Å². The standard InChI is InChI=1S/C16H25NO3/c1-5-13(10-17)14-9-15(18)12(4)8-16(14)20-19-7-6-11(2)3/h5,8,14,16H,2,6-7,9-10,17H2,1,3-4H3/b13-5-/t14-,16?/m1/s1. The van der Waals surface area contributed by atoms with E-state index in [0.29, 0.717) is 19.6 Å². The van der Waals surface area contributed by atoms with E-state index in [4.69, 9.17) is 15.5 Å². The predicted octanol–water partition coefficient (Wildman–Crippen LogP) is 2.71. The summed E-state index contributed by atoms with van der Waals surface area (Å²) in [7, 11) is 0. The van der Waals surface area contributed by atoms with Gasteiger partial charge in [-0.1, -0.05) is 17.2 Å². The second-order valence-electron chi connectivity index (χ2n) is 5.24. The molecular weight excluding hydrogens is 254 g/mol. The number of Topliss-reactive ketones (excluding diaryl/α,β-unsaturated/α-hetero) is 1. The van der Waals surface area contributed by atoms with Crippen molar-refractivity contribution in [3.8, 4) is 0 Å². The highest BCUT2D eigenvalue weighted by Crippen LogP contribution is 2.29. The summed E-state index contributed by atoms with van der Waals surface area (Å²) in [5.41, 5.74) is 8.54. The molecule has 1 unspecified atom stereocenters. The van der Waals surface area contributed by atoms with E-state index < -0.39 is 0 Å². The van der Waals surface area contributed by atoms with E-state index in [2.05, 4.69) is 6.58 Å². The number of allylic oxidation sites excluding steroid dienone is 2. The predicted molar refractivity (Wildman–Crippen MR) is 79.9 cm³/mol. The zero-order valence-corrected chi connectivity index (χ0v) is 12.6. The van der Waals surface area contributed by atoms with Gasteiger partial charge in [-0.25, -0.2) is 9.78 Å². The van der Waals surface area contributed by atoms with Crippen molar-refractivity contribution < 1.29 is 14.6 Å². The van der Waals surface area contributed by atoms with Crippen LogP contribution in [0.4, 0.5) is 0 Å². The van der Waals surface area contributed by atoms with E-state index >= 15 is 0 Å². The third-order valence-corrected chi connectivity index (χ3v) is 3.53. The first-order valence-electron chi connectivity index (χ1n) is 6.99. The maximum Gasteiger partial charge on any atom is 0.159 e. The summed E-state index contributed by atoms with van der Waals surface area (Å²) in [4.78, 5) is 22.6. The van der Waals surface area contributed by atoms with Crippen molar-refractivity contribution in [1.29, 1.82) is 0 Å². The molecule has 2 N–H and O–H groups in total. The fraction of sp³-hybridized carbons (Fsp3) is 0.562. The van der Waals surface area contributed by atoms with Crippen molar-refractivity contribution in [2.45, 2.75) is 39.7 Å². The van der Waals surface area contributed by atoms with Crippen molar-refractivity contribution in [3.63, 3.8) is 0 Å². The summed E-state index contributed by atoms with van der Waals surface area (Å²) in [6.45, 7) is 10.4. The Balaban J connectivity index is 2.71. The van der Waals surface area contributed by atoms with Gasteiger partial charge in [0.2, 0.25) is 0 Å². The first-order valence-corrected chi connectivity index (χ1v) is 6.99. The minimum absolute atomic E-state index is 0.0361. The lowest BCUT2D eigenvalue weighted by molar-refractivity contribution is -0.320. The highest BCUT2D eigenvalue weighted by Gasteiger charge is 2.31. The summed E-state index contributed by atoms with van der Waals surface area (Å²) in [5, 5.41) is 0. The first-order chi connectivity index (χ1) is 9.49. The molecular formula is C16H25NO3. The lowest BCUT2D eigenvalue weighted by atomic mass is 9.81. The van der Waals surface area contributed by atoms with Gasteiger partial charge in [0, 0.05) is 18.9 Å². The van der Waals surface area contributed by atoms with Crippen molar-refractivity contribution in [2.75, 3.05) is 13.2 Å². The molecule has 0 aliphatic heterocycles. The van der Waals surface area contributed by atoms with E-state index in [1.165, 1.54) is 0 Å². The van der Waals surface area contributed by atoms with E-state index in [0.717, 1.165) is 23.1 Å². The Bertz CT molecular complexity index is 423. The number of carbonyl (C=O) groups is 1. The molecule has 1 aliphatic rings. The Morgan fingerprint density at radius 2 is 2.30 bits per heavy atom. The van der Waals surface area contributed by atoms with Gasteiger partial charge in [0.1, 0.15) is 6.10 Å². The van der Waals surface area contributed by atoms with Gasteiger partial charge in [0.25, 0.3) is 0 Å². The molecule has 0 spiro atoms. The number of hydrogen-bond acceptors (Lipinski definition) is 4. The Kier molecular flexibility index (Phi) is 6.85. The molecule has 1 rings (SSSR count). The average Bonchev–Trinajstić information content (AvgIpc) is 2.40. The molecule has 4 nitrogen and oxygen atoms in total. The number of rotatable bonds is 7. The van der Waals surface area contributed by atoms with E-state index in [1.54, 1.807) is 6.92 Å². The van der Waals surface area contributed by atoms with Crippen LogP contribution in [0.25, 0.3) is 0 Å². The second kappa shape index (κ2) is 8.15. The lowest BCUT2D eigenvalue weighted by Crippen LogP contribution is -2.33. The van der Waals surface area contributed by atoms with Crippen LogP contribution in [0.15, 0.2) is 35.5 Å². The minimum atomic E-state index is -0.257. The summed E-state index contributed by atoms with van der Waals surface area (Å²) in [5.74, 6) is 0.107. The summed E-state index contributed by atoms with van der Waals surface area (Å²) >= 11 is 0. The normalized spacial score (nSPS) is 23.7. The van der Waals surface area contributed by atoms with Crippen molar-refractivity contribution in [1.82, 2.24) is 0 Å². The highest BCUT2D eigenvalue weighted by atomic mass is 17.2. The topological polar surface area (TPSA) is 61.5 Å². The summed E-state index contributed by atoms with van der Waals surface area (Å²) < 4.78 is 0. The number of carbonyl (C=O) groups excluding carboxylic acids is 1. The largest absolute Gasteiger partial charge is 0.327 e. The van der Waals surface area contributed by atoms with Crippen LogP contribution in [0.2, 0.25) is 0 Å². The third-order valence-electron chi connectivity index (χ3n) is 3.53. The molecule has 1 aliphatic carbocycles. The molecule has 0 amide bonds. The van der Waals surface area contributed by atoms with Crippen LogP contribution in [-0.4, -0.2) is 25.0 Å². The minimum Gasteiger partial charge on any atom is -0.327 e. The monoisotopic (exact) mass is 279 g/mol. The fourth-order valence-corrected chi connectivity index (χ4v) is 2.20. The van der Waals surface area contributed by atoms with Crippen LogP contribution in [0.1, 0.15) is 33.6 Å². The molecule has 4 heteroatoms. The van der Waals surface area contributed by atoms with Gasteiger partial charge in [0.15, 0.2) is 5.78 Å². The SMILES string of the molecule is C=C(C)CCOOC1C=C(C)C(=O)C[C@@H]1/C(=C\C)CN. The number of nitrogens with two attached hydrogens (primary N) is 1. The van der Waals surface area contributed by atoms with E-state index in [1.807, 2.05) is 26.0 Å².